The van der Waals surface area contributed by atoms with Crippen LogP contribution in [0.4, 0.5) is 4.39 Å². The van der Waals surface area contributed by atoms with E-state index < -0.39 is 41.4 Å². The Labute approximate surface area is 233 Å². The molecule has 214 valence electrons. The number of fused-ring (bicyclic) bond motifs is 5. The fourth-order valence-electron chi connectivity index (χ4n) is 4.79. The zero-order valence-corrected chi connectivity index (χ0v) is 22.4. The summed E-state index contributed by atoms with van der Waals surface area (Å²) in [6.07, 6.45) is -0.346. The van der Waals surface area contributed by atoms with Crippen LogP contribution in [-0.4, -0.2) is 71.5 Å². The number of aryl methyl sites for hydroxylation is 1. The van der Waals surface area contributed by atoms with Crippen molar-refractivity contribution in [1.29, 1.82) is 0 Å². The van der Waals surface area contributed by atoms with Crippen LogP contribution in [0.3, 0.4) is 0 Å². The number of aromatic amines is 1. The van der Waals surface area contributed by atoms with Gasteiger partial charge in [-0.25, -0.2) is 9.18 Å². The van der Waals surface area contributed by atoms with Gasteiger partial charge in [-0.2, -0.15) is 4.98 Å². The molecule has 1 fully saturated rings. The second kappa shape index (κ2) is 11.7. The fraction of sp³-hybridized carbons (Fsp3) is 0.321. The highest BCUT2D eigenvalue weighted by atomic mass is 19.1. The minimum atomic E-state index is -0.714. The van der Waals surface area contributed by atoms with Crippen molar-refractivity contribution in [2.75, 3.05) is 26.8 Å². The molecule has 0 saturated carbocycles. The third kappa shape index (κ3) is 6.45. The molecule has 1 saturated heterocycles. The van der Waals surface area contributed by atoms with Crippen molar-refractivity contribution in [2.45, 2.75) is 32.0 Å². The first-order valence-corrected chi connectivity index (χ1v) is 12.9. The molecule has 13 heteroatoms. The molecule has 3 N–H and O–H groups in total. The summed E-state index contributed by atoms with van der Waals surface area (Å²) in [4.78, 5) is 58.7. The van der Waals surface area contributed by atoms with Gasteiger partial charge >= 0.3 is 5.69 Å². The minimum Gasteiger partial charge on any atom is -0.493 e. The number of hydrogen-bond donors (Lipinski definition) is 3. The number of benzene rings is 2. The van der Waals surface area contributed by atoms with Gasteiger partial charge in [-0.05, 0) is 48.9 Å². The molecule has 2 aliphatic heterocycles. The van der Waals surface area contributed by atoms with Crippen molar-refractivity contribution in [3.05, 3.63) is 81.3 Å². The Hall–Kier alpha value is -4.94. The predicted molar refractivity (Wildman–Crippen MR) is 143 cm³/mol. The first-order chi connectivity index (χ1) is 19.7. The number of amides is 3. The molecule has 3 heterocycles. The molecular weight excluding hydrogens is 537 g/mol. The highest BCUT2D eigenvalue weighted by Gasteiger charge is 2.35. The highest BCUT2D eigenvalue weighted by molar-refractivity contribution is 5.95. The number of hydrogen-bond acceptors (Lipinski definition) is 8. The summed E-state index contributed by atoms with van der Waals surface area (Å²) in [5, 5.41) is 5.59. The summed E-state index contributed by atoms with van der Waals surface area (Å²) in [6.45, 7) is 1.59. The molecule has 41 heavy (non-hydrogen) atoms. The van der Waals surface area contributed by atoms with Crippen molar-refractivity contribution in [3.63, 3.8) is 0 Å². The van der Waals surface area contributed by atoms with E-state index >= 15 is 0 Å². The van der Waals surface area contributed by atoms with Crippen LogP contribution in [0, 0.1) is 12.7 Å². The molecule has 5 rings (SSSR count). The molecule has 2 aliphatic rings. The second-order valence-electron chi connectivity index (χ2n) is 9.76. The Bertz CT molecular complexity index is 1560. The Morgan fingerprint density at radius 1 is 1.15 bits per heavy atom. The minimum absolute atomic E-state index is 0.0149. The first-order valence-electron chi connectivity index (χ1n) is 12.9. The second-order valence-corrected chi connectivity index (χ2v) is 9.76. The largest absolute Gasteiger partial charge is 0.493 e. The molecule has 0 spiro atoms. The number of rotatable bonds is 2. The fourth-order valence-corrected chi connectivity index (χ4v) is 4.79. The van der Waals surface area contributed by atoms with Crippen molar-refractivity contribution in [3.8, 4) is 17.2 Å². The molecule has 0 aliphatic carbocycles. The number of H-pyrrole nitrogens is 1. The molecule has 2 atom stereocenters. The molecule has 0 radical (unpaired) electrons. The van der Waals surface area contributed by atoms with Gasteiger partial charge in [-0.15, -0.1) is 0 Å². The first kappa shape index (κ1) is 27.6. The summed E-state index contributed by atoms with van der Waals surface area (Å²) < 4.78 is 31.6. The zero-order chi connectivity index (χ0) is 29.1. The molecule has 4 bridgehead atoms. The molecule has 3 aromatic rings. The van der Waals surface area contributed by atoms with Gasteiger partial charge in [0.15, 0.2) is 18.1 Å². The molecule has 3 amide bonds. The normalized spacial score (nSPS) is 19.1. The molecule has 2 aromatic carbocycles. The summed E-state index contributed by atoms with van der Waals surface area (Å²) in [5.41, 5.74) is 0.513. The quantitative estimate of drug-likeness (QED) is 0.421. The summed E-state index contributed by atoms with van der Waals surface area (Å²) in [7, 11) is 1.43. The van der Waals surface area contributed by atoms with Crippen molar-refractivity contribution < 1.29 is 33.0 Å². The van der Waals surface area contributed by atoms with E-state index in [-0.39, 0.29) is 49.0 Å². The van der Waals surface area contributed by atoms with Gasteiger partial charge in [0.1, 0.15) is 23.4 Å². The number of likely N-dealkylation sites (tertiary alicyclic amines) is 1. The molecule has 0 unspecified atom stereocenters. The van der Waals surface area contributed by atoms with E-state index in [1.807, 2.05) is 0 Å². The number of piperidine rings is 1. The molecular formula is C28H28FN5O7. The van der Waals surface area contributed by atoms with Gasteiger partial charge in [-0.3, -0.25) is 14.4 Å². The molecule has 12 nitrogen and oxygen atoms in total. The van der Waals surface area contributed by atoms with Crippen LogP contribution in [0.15, 0.2) is 47.3 Å². The van der Waals surface area contributed by atoms with Crippen molar-refractivity contribution >= 4 is 17.7 Å². The SMILES string of the molecule is COc1ccc2cc1OCC(=O)NCc1cc(F)cc(c1)O[C@@H]1CCN(C(=O)c3cc(C)[nH]c(=O)n3)C[C@@H]1NC2=O. The lowest BCUT2D eigenvalue weighted by atomic mass is 10.00. The van der Waals surface area contributed by atoms with Gasteiger partial charge in [0, 0.05) is 43.4 Å². The van der Waals surface area contributed by atoms with Crippen molar-refractivity contribution in [1.82, 2.24) is 25.5 Å². The average Bonchev–Trinajstić information content (AvgIpc) is 2.94. The third-order valence-electron chi connectivity index (χ3n) is 6.74. The van der Waals surface area contributed by atoms with Gasteiger partial charge in [0.25, 0.3) is 17.7 Å². The Morgan fingerprint density at radius 3 is 2.76 bits per heavy atom. The lowest BCUT2D eigenvalue weighted by Crippen LogP contribution is -2.58. The maximum Gasteiger partial charge on any atom is 0.345 e. The Kier molecular flexibility index (Phi) is 7.86. The van der Waals surface area contributed by atoms with Gasteiger partial charge in [0.2, 0.25) is 0 Å². The summed E-state index contributed by atoms with van der Waals surface area (Å²) >= 11 is 0. The van der Waals surface area contributed by atoms with Gasteiger partial charge in [0.05, 0.1) is 13.2 Å². The Morgan fingerprint density at radius 2 is 1.98 bits per heavy atom. The van der Waals surface area contributed by atoms with E-state index in [0.717, 1.165) is 0 Å². The van der Waals surface area contributed by atoms with Crippen LogP contribution in [0.5, 0.6) is 17.2 Å². The number of carbonyl (C=O) groups is 3. The van der Waals surface area contributed by atoms with Crippen LogP contribution in [0.2, 0.25) is 0 Å². The maximum absolute atomic E-state index is 14.5. The number of aromatic nitrogens is 2. The van der Waals surface area contributed by atoms with E-state index in [1.165, 1.54) is 42.3 Å². The van der Waals surface area contributed by atoms with Crippen LogP contribution >= 0.6 is 0 Å². The number of carbonyl (C=O) groups excluding carboxylic acids is 3. The number of halogens is 1. The summed E-state index contributed by atoms with van der Waals surface area (Å²) in [6, 6.07) is 9.40. The number of nitrogens with one attached hydrogen (secondary N) is 3. The van der Waals surface area contributed by atoms with Gasteiger partial charge < -0.3 is 34.7 Å². The monoisotopic (exact) mass is 565 g/mol. The average molecular weight is 566 g/mol. The summed E-state index contributed by atoms with van der Waals surface area (Å²) in [5.74, 6) is -1.27. The lowest BCUT2D eigenvalue weighted by Gasteiger charge is -2.38. The number of ether oxygens (including phenoxy) is 3. The van der Waals surface area contributed by atoms with Crippen LogP contribution < -0.4 is 30.5 Å². The van der Waals surface area contributed by atoms with E-state index in [2.05, 4.69) is 20.6 Å². The topological polar surface area (TPSA) is 152 Å². The van der Waals surface area contributed by atoms with Crippen LogP contribution in [0.25, 0.3) is 0 Å². The number of nitrogens with zero attached hydrogens (tertiary/aromatic N) is 2. The van der Waals surface area contributed by atoms with Gasteiger partial charge in [-0.1, -0.05) is 0 Å². The van der Waals surface area contributed by atoms with E-state index in [9.17, 15) is 23.6 Å². The van der Waals surface area contributed by atoms with Crippen LogP contribution in [0.1, 0.15) is 38.5 Å². The zero-order valence-electron chi connectivity index (χ0n) is 22.4. The maximum atomic E-state index is 14.5. The van der Waals surface area contributed by atoms with E-state index in [1.54, 1.807) is 19.1 Å². The lowest BCUT2D eigenvalue weighted by molar-refractivity contribution is -0.123. The molecule has 1 aromatic heterocycles. The number of methoxy groups -OCH3 is 1. The van der Waals surface area contributed by atoms with E-state index in [0.29, 0.717) is 23.4 Å². The Balaban J connectivity index is 1.48. The highest BCUT2D eigenvalue weighted by Crippen LogP contribution is 2.29. The van der Waals surface area contributed by atoms with E-state index in [4.69, 9.17) is 14.2 Å². The standard InChI is InChI=1S/C28H28FN5O7/c1-15-7-20(33-28(38)31-15)27(37)34-6-5-22-21(13-34)32-26(36)17-3-4-23(39-2)24(10-17)40-14-25(35)30-12-16-8-18(29)11-19(9-16)41-22/h3-4,7-11,21-22H,5-6,12-14H2,1-2H3,(H,30,35)(H,32,36)(H,31,33,38)/t21-,22+/m0/s1. The van der Waals surface area contributed by atoms with Crippen molar-refractivity contribution in [2.24, 2.45) is 0 Å². The van der Waals surface area contributed by atoms with Crippen LogP contribution in [-0.2, 0) is 11.3 Å². The smallest absolute Gasteiger partial charge is 0.345 e. The third-order valence-corrected chi connectivity index (χ3v) is 6.74. The predicted octanol–water partition coefficient (Wildman–Crippen LogP) is 1.33.